The largest absolute Gasteiger partial charge is 0.347 e. The Balaban J connectivity index is 1.53. The molecule has 1 N–H and O–H groups in total. The lowest BCUT2D eigenvalue weighted by molar-refractivity contribution is -0.120. The zero-order valence-corrected chi connectivity index (χ0v) is 17.3. The molecule has 0 bridgehead atoms. The summed E-state index contributed by atoms with van der Waals surface area (Å²) >= 11 is 3.57. The molecule has 0 saturated heterocycles. The summed E-state index contributed by atoms with van der Waals surface area (Å²) in [7, 11) is 2.03. The third-order valence-corrected chi connectivity index (χ3v) is 5.84. The number of nitrogens with zero attached hydrogens (tertiary/aromatic N) is 2. The van der Waals surface area contributed by atoms with Gasteiger partial charge in [-0.15, -0.1) is 0 Å². The SMILES string of the molecule is Cc1c(C=NNC(=O)Cc2ccc(Br)c3ccccc23)c2ccccc2n1C. The minimum absolute atomic E-state index is 0.137. The standard InChI is InChI=1S/C23H20BrN3O/c1-15-20(19-9-5-6-10-22(19)27(15)2)14-25-26-23(28)13-16-11-12-21(24)18-8-4-3-7-17(16)18/h3-12,14H,13H2,1-2H3,(H,26,28). The van der Waals surface area contributed by atoms with Gasteiger partial charge in [0.25, 0.3) is 0 Å². The van der Waals surface area contributed by atoms with E-state index in [0.717, 1.165) is 43.0 Å². The Morgan fingerprint density at radius 2 is 1.71 bits per heavy atom. The molecule has 0 unspecified atom stereocenters. The predicted octanol–water partition coefficient (Wildman–Crippen LogP) is 5.10. The van der Waals surface area contributed by atoms with Crippen molar-refractivity contribution in [2.24, 2.45) is 12.1 Å². The first-order valence-electron chi connectivity index (χ1n) is 9.08. The van der Waals surface area contributed by atoms with Crippen LogP contribution in [-0.4, -0.2) is 16.7 Å². The minimum atomic E-state index is -0.137. The van der Waals surface area contributed by atoms with Crippen LogP contribution < -0.4 is 5.43 Å². The van der Waals surface area contributed by atoms with Gasteiger partial charge in [-0.2, -0.15) is 5.10 Å². The topological polar surface area (TPSA) is 46.4 Å². The number of carbonyl (C=O) groups excluding carboxylic acids is 1. The average Bonchev–Trinajstić information content (AvgIpc) is 2.95. The highest BCUT2D eigenvalue weighted by molar-refractivity contribution is 9.10. The van der Waals surface area contributed by atoms with Crippen LogP contribution in [-0.2, 0) is 18.3 Å². The van der Waals surface area contributed by atoms with E-state index in [1.54, 1.807) is 6.21 Å². The van der Waals surface area contributed by atoms with Crippen LogP contribution in [0.5, 0.6) is 0 Å². The van der Waals surface area contributed by atoms with Crippen molar-refractivity contribution in [3.63, 3.8) is 0 Å². The number of hydrogen-bond acceptors (Lipinski definition) is 2. The lowest BCUT2D eigenvalue weighted by Gasteiger charge is -2.07. The fourth-order valence-corrected chi connectivity index (χ4v) is 4.05. The molecule has 4 rings (SSSR count). The molecule has 1 aromatic heterocycles. The molecule has 0 atom stereocenters. The lowest BCUT2D eigenvalue weighted by atomic mass is 10.0. The van der Waals surface area contributed by atoms with Gasteiger partial charge in [0.2, 0.25) is 5.91 Å². The maximum Gasteiger partial charge on any atom is 0.244 e. The molecule has 0 aliphatic rings. The Kier molecular flexibility index (Phi) is 5.01. The number of halogens is 1. The van der Waals surface area contributed by atoms with Crippen LogP contribution in [0, 0.1) is 6.92 Å². The summed E-state index contributed by atoms with van der Waals surface area (Å²) in [5, 5.41) is 7.51. The van der Waals surface area contributed by atoms with E-state index >= 15 is 0 Å². The molecule has 1 amide bonds. The van der Waals surface area contributed by atoms with E-state index < -0.39 is 0 Å². The number of rotatable bonds is 4. The average molecular weight is 434 g/mol. The first-order chi connectivity index (χ1) is 13.6. The first kappa shape index (κ1) is 18.4. The van der Waals surface area contributed by atoms with Gasteiger partial charge in [-0.1, -0.05) is 64.5 Å². The monoisotopic (exact) mass is 433 g/mol. The van der Waals surface area contributed by atoms with Crippen molar-refractivity contribution in [2.45, 2.75) is 13.3 Å². The van der Waals surface area contributed by atoms with Gasteiger partial charge in [0.15, 0.2) is 0 Å². The van der Waals surface area contributed by atoms with Gasteiger partial charge in [0.1, 0.15) is 0 Å². The van der Waals surface area contributed by atoms with Crippen molar-refractivity contribution in [2.75, 3.05) is 0 Å². The van der Waals surface area contributed by atoms with Crippen molar-refractivity contribution >= 4 is 49.7 Å². The van der Waals surface area contributed by atoms with Gasteiger partial charge in [-0.25, -0.2) is 5.43 Å². The highest BCUT2D eigenvalue weighted by Crippen LogP contribution is 2.27. The zero-order valence-electron chi connectivity index (χ0n) is 15.7. The fourth-order valence-electron chi connectivity index (χ4n) is 3.57. The van der Waals surface area contributed by atoms with Crippen LogP contribution in [0.15, 0.2) is 70.2 Å². The van der Waals surface area contributed by atoms with Crippen LogP contribution in [0.4, 0.5) is 0 Å². The number of hydrazone groups is 1. The molecule has 0 saturated carbocycles. The van der Waals surface area contributed by atoms with Crippen LogP contribution in [0.2, 0.25) is 0 Å². The molecule has 0 fully saturated rings. The molecule has 1 heterocycles. The van der Waals surface area contributed by atoms with E-state index in [1.165, 1.54) is 0 Å². The van der Waals surface area contributed by atoms with E-state index in [2.05, 4.69) is 50.1 Å². The highest BCUT2D eigenvalue weighted by Gasteiger charge is 2.10. The second kappa shape index (κ2) is 7.60. The smallest absolute Gasteiger partial charge is 0.244 e. The summed E-state index contributed by atoms with van der Waals surface area (Å²) in [6.45, 7) is 2.05. The summed E-state index contributed by atoms with van der Waals surface area (Å²) in [4.78, 5) is 12.4. The van der Waals surface area contributed by atoms with Gasteiger partial charge in [-0.3, -0.25) is 4.79 Å². The molecular formula is C23H20BrN3O. The zero-order chi connectivity index (χ0) is 19.7. The Bertz CT molecular complexity index is 1220. The molecule has 0 aliphatic carbocycles. The second-order valence-corrected chi connectivity index (χ2v) is 7.65. The van der Waals surface area contributed by atoms with Gasteiger partial charge in [0.05, 0.1) is 12.6 Å². The molecule has 28 heavy (non-hydrogen) atoms. The van der Waals surface area contributed by atoms with Crippen molar-refractivity contribution < 1.29 is 4.79 Å². The van der Waals surface area contributed by atoms with Gasteiger partial charge >= 0.3 is 0 Å². The quantitative estimate of drug-likeness (QED) is 0.353. The Morgan fingerprint density at radius 3 is 2.50 bits per heavy atom. The van der Waals surface area contributed by atoms with E-state index in [4.69, 9.17) is 0 Å². The van der Waals surface area contributed by atoms with Gasteiger partial charge in [0, 0.05) is 33.7 Å². The first-order valence-corrected chi connectivity index (χ1v) is 9.87. The number of carbonyl (C=O) groups is 1. The number of nitrogens with one attached hydrogen (secondary N) is 1. The normalized spacial score (nSPS) is 11.5. The number of benzene rings is 3. The molecule has 0 aliphatic heterocycles. The molecule has 4 nitrogen and oxygen atoms in total. The Labute approximate surface area is 172 Å². The second-order valence-electron chi connectivity index (χ2n) is 6.80. The minimum Gasteiger partial charge on any atom is -0.347 e. The maximum absolute atomic E-state index is 12.4. The van der Waals surface area contributed by atoms with Crippen molar-refractivity contribution in [1.29, 1.82) is 0 Å². The molecule has 0 radical (unpaired) electrons. The fraction of sp³-hybridized carbons (Fsp3) is 0.130. The summed E-state index contributed by atoms with van der Waals surface area (Å²) < 4.78 is 3.16. The van der Waals surface area contributed by atoms with E-state index in [-0.39, 0.29) is 12.3 Å². The van der Waals surface area contributed by atoms with Crippen molar-refractivity contribution in [3.8, 4) is 0 Å². The summed E-state index contributed by atoms with van der Waals surface area (Å²) in [5.74, 6) is -0.137. The third-order valence-electron chi connectivity index (χ3n) is 5.14. The maximum atomic E-state index is 12.4. The Morgan fingerprint density at radius 1 is 1.04 bits per heavy atom. The van der Waals surface area contributed by atoms with Crippen LogP contribution in [0.1, 0.15) is 16.8 Å². The van der Waals surface area contributed by atoms with Crippen molar-refractivity contribution in [1.82, 2.24) is 9.99 Å². The highest BCUT2D eigenvalue weighted by atomic mass is 79.9. The number of aromatic nitrogens is 1. The van der Waals surface area contributed by atoms with Gasteiger partial charge in [-0.05, 0) is 35.4 Å². The number of fused-ring (bicyclic) bond motifs is 2. The van der Waals surface area contributed by atoms with Crippen LogP contribution in [0.3, 0.4) is 0 Å². The molecule has 0 spiro atoms. The molecule has 3 aromatic carbocycles. The number of aryl methyl sites for hydroxylation is 1. The van der Waals surface area contributed by atoms with E-state index in [0.29, 0.717) is 0 Å². The number of para-hydroxylation sites is 1. The predicted molar refractivity (Wildman–Crippen MR) is 119 cm³/mol. The van der Waals surface area contributed by atoms with Crippen LogP contribution >= 0.6 is 15.9 Å². The van der Waals surface area contributed by atoms with Gasteiger partial charge < -0.3 is 4.57 Å². The molecule has 4 aromatic rings. The van der Waals surface area contributed by atoms with E-state index in [1.807, 2.05) is 55.6 Å². The molecule has 5 heteroatoms. The van der Waals surface area contributed by atoms with E-state index in [9.17, 15) is 4.79 Å². The summed E-state index contributed by atoms with van der Waals surface area (Å²) in [6.07, 6.45) is 2.01. The third kappa shape index (κ3) is 3.34. The lowest BCUT2D eigenvalue weighted by Crippen LogP contribution is -2.20. The molecular weight excluding hydrogens is 414 g/mol. The number of hydrogen-bond donors (Lipinski definition) is 1. The summed E-state index contributed by atoms with van der Waals surface area (Å²) in [5.41, 5.74) is 6.93. The summed E-state index contributed by atoms with van der Waals surface area (Å²) in [6, 6.07) is 20.2. The number of amides is 1. The molecule has 140 valence electrons. The Hall–Kier alpha value is -2.92. The van der Waals surface area contributed by atoms with Crippen molar-refractivity contribution in [3.05, 3.63) is 82.0 Å². The van der Waals surface area contributed by atoms with Crippen LogP contribution in [0.25, 0.3) is 21.7 Å².